The Morgan fingerprint density at radius 1 is 0.938 bits per heavy atom. The fourth-order valence-electron chi connectivity index (χ4n) is 1.33. The summed E-state index contributed by atoms with van der Waals surface area (Å²) in [5.74, 6) is 0. The number of hydrogen-bond acceptors (Lipinski definition) is 4. The van der Waals surface area contributed by atoms with Crippen LogP contribution < -0.4 is 0 Å². The third-order valence-electron chi connectivity index (χ3n) is 2.32. The summed E-state index contributed by atoms with van der Waals surface area (Å²) < 4.78 is 22.1. The lowest BCUT2D eigenvalue weighted by molar-refractivity contribution is -0.0781. The lowest BCUT2D eigenvalue weighted by atomic mass is 10.1. The molecule has 0 radical (unpaired) electrons. The van der Waals surface area contributed by atoms with Crippen LogP contribution in [0.2, 0.25) is 0 Å². The fraction of sp³-hybridized carbons (Fsp3) is 1.00. The Morgan fingerprint density at radius 2 is 1.56 bits per heavy atom. The van der Waals surface area contributed by atoms with Gasteiger partial charge in [-0.05, 0) is 13.3 Å². The summed E-state index contributed by atoms with van der Waals surface area (Å²) in [5, 5.41) is 0.766. The van der Waals surface area contributed by atoms with Crippen molar-refractivity contribution >= 4 is 15.9 Å². The van der Waals surface area contributed by atoms with Crippen molar-refractivity contribution in [3.8, 4) is 0 Å². The fourth-order valence-corrected chi connectivity index (χ4v) is 1.65. The smallest absolute Gasteiger partial charge is 0.0982 e. The molecule has 1 aliphatic heterocycles. The quantitative estimate of drug-likeness (QED) is 0.689. The van der Waals surface area contributed by atoms with Gasteiger partial charge >= 0.3 is 0 Å². The summed E-state index contributed by atoms with van der Waals surface area (Å²) >= 11 is 3.46. The molecule has 96 valence electrons. The van der Waals surface area contributed by atoms with E-state index in [1.54, 1.807) is 0 Å². The molecule has 16 heavy (non-hydrogen) atoms. The van der Waals surface area contributed by atoms with E-state index in [1.165, 1.54) is 0 Å². The topological polar surface area (TPSA) is 36.9 Å². The maximum Gasteiger partial charge on any atom is 0.0982 e. The molecule has 0 N–H and O–H groups in total. The third kappa shape index (κ3) is 6.15. The molecule has 1 atom stereocenters. The highest BCUT2D eigenvalue weighted by atomic mass is 79.9. The SMILES string of the molecule is CC1(CBr)COCCOCCOCCCO1. The number of rotatable bonds is 1. The van der Waals surface area contributed by atoms with Crippen LogP contribution in [0.3, 0.4) is 0 Å². The van der Waals surface area contributed by atoms with Crippen molar-refractivity contribution in [1.82, 2.24) is 0 Å². The first-order chi connectivity index (χ1) is 7.77. The van der Waals surface area contributed by atoms with Crippen molar-refractivity contribution in [3.05, 3.63) is 0 Å². The highest BCUT2D eigenvalue weighted by Crippen LogP contribution is 2.15. The molecule has 1 heterocycles. The van der Waals surface area contributed by atoms with E-state index in [4.69, 9.17) is 18.9 Å². The van der Waals surface area contributed by atoms with E-state index in [2.05, 4.69) is 15.9 Å². The number of alkyl halides is 1. The van der Waals surface area contributed by atoms with Crippen LogP contribution in [0, 0.1) is 0 Å². The van der Waals surface area contributed by atoms with Crippen LogP contribution in [-0.2, 0) is 18.9 Å². The second-order valence-electron chi connectivity index (χ2n) is 4.06. The molecule has 1 rings (SSSR count). The van der Waals surface area contributed by atoms with Crippen LogP contribution in [0.5, 0.6) is 0 Å². The van der Waals surface area contributed by atoms with Crippen molar-refractivity contribution in [2.45, 2.75) is 18.9 Å². The molecule has 4 nitrogen and oxygen atoms in total. The van der Waals surface area contributed by atoms with E-state index in [9.17, 15) is 0 Å². The van der Waals surface area contributed by atoms with Crippen LogP contribution in [0.1, 0.15) is 13.3 Å². The minimum atomic E-state index is -0.256. The van der Waals surface area contributed by atoms with Crippen LogP contribution in [0.4, 0.5) is 0 Å². The van der Waals surface area contributed by atoms with E-state index < -0.39 is 0 Å². The van der Waals surface area contributed by atoms with Gasteiger partial charge < -0.3 is 18.9 Å². The first kappa shape index (κ1) is 14.4. The largest absolute Gasteiger partial charge is 0.379 e. The Morgan fingerprint density at radius 3 is 2.25 bits per heavy atom. The summed E-state index contributed by atoms with van der Waals surface area (Å²) in [6.45, 7) is 6.56. The van der Waals surface area contributed by atoms with Gasteiger partial charge in [-0.15, -0.1) is 0 Å². The Bertz CT molecular complexity index is 163. The maximum absolute atomic E-state index is 5.80. The Hall–Kier alpha value is 0.320. The predicted molar refractivity (Wildman–Crippen MR) is 65.2 cm³/mol. The van der Waals surface area contributed by atoms with E-state index in [-0.39, 0.29) is 5.60 Å². The van der Waals surface area contributed by atoms with Crippen LogP contribution >= 0.6 is 15.9 Å². The van der Waals surface area contributed by atoms with Crippen molar-refractivity contribution in [2.24, 2.45) is 0 Å². The van der Waals surface area contributed by atoms with Crippen LogP contribution in [0.15, 0.2) is 0 Å². The zero-order valence-electron chi connectivity index (χ0n) is 9.87. The molecule has 0 amide bonds. The Balaban J connectivity index is 2.32. The lowest BCUT2D eigenvalue weighted by Gasteiger charge is -2.27. The predicted octanol–water partition coefficient (Wildman–Crippen LogP) is 1.61. The van der Waals surface area contributed by atoms with E-state index in [0.717, 1.165) is 18.4 Å². The molecule has 0 aromatic carbocycles. The van der Waals surface area contributed by atoms with Gasteiger partial charge in [0.15, 0.2) is 0 Å². The zero-order chi connectivity index (χ0) is 11.7. The molecule has 1 saturated heterocycles. The summed E-state index contributed by atoms with van der Waals surface area (Å²) in [7, 11) is 0. The average Bonchev–Trinajstić information content (AvgIpc) is 2.31. The zero-order valence-corrected chi connectivity index (χ0v) is 11.5. The number of halogens is 1. The minimum Gasteiger partial charge on any atom is -0.379 e. The molecular weight excluding hydrogens is 276 g/mol. The number of hydrogen-bond donors (Lipinski definition) is 0. The molecule has 0 spiro atoms. The molecule has 1 fully saturated rings. The van der Waals surface area contributed by atoms with E-state index in [0.29, 0.717) is 39.6 Å². The van der Waals surface area contributed by atoms with Gasteiger partial charge in [0.1, 0.15) is 0 Å². The molecule has 1 aliphatic rings. The van der Waals surface area contributed by atoms with Gasteiger partial charge in [-0.3, -0.25) is 0 Å². The summed E-state index contributed by atoms with van der Waals surface area (Å²) in [6, 6.07) is 0. The summed E-state index contributed by atoms with van der Waals surface area (Å²) in [6.07, 6.45) is 0.905. The van der Waals surface area contributed by atoms with Crippen LogP contribution in [0.25, 0.3) is 0 Å². The minimum absolute atomic E-state index is 0.256. The Kier molecular flexibility index (Phi) is 7.56. The van der Waals surface area contributed by atoms with Crippen molar-refractivity contribution < 1.29 is 18.9 Å². The second kappa shape index (κ2) is 8.42. The van der Waals surface area contributed by atoms with Crippen molar-refractivity contribution in [3.63, 3.8) is 0 Å². The molecular formula is C11H21BrO4. The molecule has 0 saturated carbocycles. The average molecular weight is 297 g/mol. The first-order valence-electron chi connectivity index (χ1n) is 5.70. The van der Waals surface area contributed by atoms with Crippen molar-refractivity contribution in [1.29, 1.82) is 0 Å². The van der Waals surface area contributed by atoms with Gasteiger partial charge in [-0.1, -0.05) is 15.9 Å². The summed E-state index contributed by atoms with van der Waals surface area (Å²) in [5.41, 5.74) is -0.256. The van der Waals surface area contributed by atoms with Gasteiger partial charge in [0.25, 0.3) is 0 Å². The monoisotopic (exact) mass is 296 g/mol. The molecule has 1 unspecified atom stereocenters. The van der Waals surface area contributed by atoms with E-state index in [1.807, 2.05) is 6.92 Å². The molecule has 0 bridgehead atoms. The highest BCUT2D eigenvalue weighted by molar-refractivity contribution is 9.09. The maximum atomic E-state index is 5.80. The van der Waals surface area contributed by atoms with E-state index >= 15 is 0 Å². The lowest BCUT2D eigenvalue weighted by Crippen LogP contribution is -2.37. The third-order valence-corrected chi connectivity index (χ3v) is 3.50. The van der Waals surface area contributed by atoms with Gasteiger partial charge in [0, 0.05) is 18.5 Å². The van der Waals surface area contributed by atoms with Crippen LogP contribution in [-0.4, -0.2) is 57.2 Å². The first-order valence-corrected chi connectivity index (χ1v) is 6.82. The normalized spacial score (nSPS) is 31.1. The molecule has 0 aliphatic carbocycles. The van der Waals surface area contributed by atoms with Gasteiger partial charge in [0.05, 0.1) is 38.6 Å². The molecule has 0 aromatic heterocycles. The van der Waals surface area contributed by atoms with Crippen molar-refractivity contribution in [2.75, 3.05) is 51.6 Å². The van der Waals surface area contributed by atoms with Gasteiger partial charge in [0.2, 0.25) is 0 Å². The Labute approximate surface area is 106 Å². The molecule has 5 heteroatoms. The standard InChI is InChI=1S/C11H21BrO4/c1-11(9-12)10-15-8-7-14-6-5-13-3-2-4-16-11/h2-10H2,1H3. The molecule has 0 aromatic rings. The van der Waals surface area contributed by atoms with Gasteiger partial charge in [-0.25, -0.2) is 0 Å². The highest BCUT2D eigenvalue weighted by Gasteiger charge is 2.23. The summed E-state index contributed by atoms with van der Waals surface area (Å²) in [4.78, 5) is 0. The van der Waals surface area contributed by atoms with Gasteiger partial charge in [-0.2, -0.15) is 0 Å². The second-order valence-corrected chi connectivity index (χ2v) is 4.62. The number of ether oxygens (including phenoxy) is 4.